The summed E-state index contributed by atoms with van der Waals surface area (Å²) in [4.78, 5) is 44.4. The number of carbonyl (C=O) groups is 3. The third kappa shape index (κ3) is 3.53. The second kappa shape index (κ2) is 7.40. The van der Waals surface area contributed by atoms with Crippen LogP contribution in [0, 0.1) is 12.8 Å². The Bertz CT molecular complexity index is 1100. The number of aryl methyl sites for hydroxylation is 1. The normalized spacial score (nSPS) is 14.6. The molecule has 3 aromatic rings. The van der Waals surface area contributed by atoms with Gasteiger partial charge in [-0.1, -0.05) is 43.4 Å². The lowest BCUT2D eigenvalue weighted by Gasteiger charge is -2.26. The van der Waals surface area contributed by atoms with E-state index in [9.17, 15) is 14.4 Å². The maximum atomic E-state index is 13.1. The number of hydrogen-bond acceptors (Lipinski definition) is 5. The van der Waals surface area contributed by atoms with Crippen molar-refractivity contribution in [3.63, 3.8) is 0 Å². The van der Waals surface area contributed by atoms with Crippen molar-refractivity contribution < 1.29 is 14.4 Å². The Morgan fingerprint density at radius 3 is 2.38 bits per heavy atom. The Kier molecular flexibility index (Phi) is 4.92. The molecule has 1 aliphatic heterocycles. The van der Waals surface area contributed by atoms with Crippen LogP contribution in [-0.2, 0) is 4.79 Å². The van der Waals surface area contributed by atoms with Crippen LogP contribution in [0.5, 0.6) is 0 Å². The third-order valence-corrected chi connectivity index (χ3v) is 5.84. The number of rotatable bonds is 5. The van der Waals surface area contributed by atoms with Crippen LogP contribution in [-0.4, -0.2) is 33.6 Å². The summed E-state index contributed by atoms with van der Waals surface area (Å²) >= 11 is 1.38. The van der Waals surface area contributed by atoms with Crippen LogP contribution in [0.15, 0.2) is 42.5 Å². The minimum absolute atomic E-state index is 0.119. The lowest BCUT2D eigenvalue weighted by Crippen LogP contribution is -2.47. The van der Waals surface area contributed by atoms with E-state index in [1.54, 1.807) is 24.3 Å². The Hall–Kier alpha value is -3.06. The molecule has 0 saturated heterocycles. The van der Waals surface area contributed by atoms with Crippen LogP contribution in [0.4, 0.5) is 5.13 Å². The molecule has 7 heteroatoms. The van der Waals surface area contributed by atoms with Gasteiger partial charge in [-0.25, -0.2) is 4.98 Å². The molecule has 29 heavy (non-hydrogen) atoms. The molecule has 1 N–H and O–H groups in total. The second-order valence-corrected chi connectivity index (χ2v) is 8.68. The minimum Gasteiger partial charge on any atom is -0.300 e. The first-order valence-electron chi connectivity index (χ1n) is 9.50. The summed E-state index contributed by atoms with van der Waals surface area (Å²) in [6.07, 6.45) is 0.376. The van der Waals surface area contributed by atoms with Crippen molar-refractivity contribution in [2.45, 2.75) is 33.2 Å². The van der Waals surface area contributed by atoms with Gasteiger partial charge in [0.2, 0.25) is 5.91 Å². The topological polar surface area (TPSA) is 79.4 Å². The monoisotopic (exact) mass is 407 g/mol. The van der Waals surface area contributed by atoms with Crippen molar-refractivity contribution in [3.8, 4) is 0 Å². The number of amides is 3. The number of anilines is 1. The largest absolute Gasteiger partial charge is 0.300 e. The highest BCUT2D eigenvalue weighted by Crippen LogP contribution is 2.30. The molecule has 2 heterocycles. The fraction of sp³-hybridized carbons (Fsp3) is 0.273. The summed E-state index contributed by atoms with van der Waals surface area (Å²) in [5, 5.41) is 3.28. The van der Waals surface area contributed by atoms with Gasteiger partial charge in [0, 0.05) is 0 Å². The molecule has 1 aliphatic rings. The van der Waals surface area contributed by atoms with E-state index in [-0.39, 0.29) is 5.92 Å². The van der Waals surface area contributed by atoms with Gasteiger partial charge in [0.1, 0.15) is 6.04 Å². The molecular weight excluding hydrogens is 386 g/mol. The maximum Gasteiger partial charge on any atom is 0.262 e. The van der Waals surface area contributed by atoms with Crippen molar-refractivity contribution >= 4 is 44.4 Å². The van der Waals surface area contributed by atoms with Gasteiger partial charge in [-0.05, 0) is 49.1 Å². The summed E-state index contributed by atoms with van der Waals surface area (Å²) < 4.78 is 0.974. The fourth-order valence-corrected chi connectivity index (χ4v) is 4.51. The molecule has 0 spiro atoms. The molecule has 0 saturated carbocycles. The number of benzene rings is 2. The van der Waals surface area contributed by atoms with Gasteiger partial charge in [-0.2, -0.15) is 0 Å². The summed E-state index contributed by atoms with van der Waals surface area (Å²) in [6.45, 7) is 5.91. The second-order valence-electron chi connectivity index (χ2n) is 7.65. The molecule has 148 valence electrons. The molecule has 6 nitrogen and oxygen atoms in total. The molecule has 1 aromatic heterocycles. The number of nitrogens with zero attached hydrogens (tertiary/aromatic N) is 2. The summed E-state index contributed by atoms with van der Waals surface area (Å²) in [5.41, 5.74) is 2.60. The van der Waals surface area contributed by atoms with E-state index in [0.717, 1.165) is 20.7 Å². The molecule has 0 bridgehead atoms. The van der Waals surface area contributed by atoms with Crippen molar-refractivity contribution in [1.29, 1.82) is 0 Å². The van der Waals surface area contributed by atoms with Gasteiger partial charge in [-0.3, -0.25) is 19.3 Å². The Balaban J connectivity index is 1.63. The van der Waals surface area contributed by atoms with Crippen molar-refractivity contribution in [2.75, 3.05) is 5.32 Å². The molecule has 0 unspecified atom stereocenters. The van der Waals surface area contributed by atoms with Gasteiger partial charge >= 0.3 is 0 Å². The molecule has 2 aromatic carbocycles. The van der Waals surface area contributed by atoms with Gasteiger partial charge in [-0.15, -0.1) is 0 Å². The first-order valence-corrected chi connectivity index (χ1v) is 10.3. The number of fused-ring (bicyclic) bond motifs is 2. The van der Waals surface area contributed by atoms with Crippen molar-refractivity contribution in [3.05, 3.63) is 59.2 Å². The van der Waals surface area contributed by atoms with Gasteiger partial charge < -0.3 is 5.32 Å². The van der Waals surface area contributed by atoms with Crippen LogP contribution in [0.3, 0.4) is 0 Å². The smallest absolute Gasteiger partial charge is 0.262 e. The molecule has 3 amide bonds. The van der Waals surface area contributed by atoms with Crippen LogP contribution < -0.4 is 5.32 Å². The molecule has 0 aliphatic carbocycles. The van der Waals surface area contributed by atoms with E-state index >= 15 is 0 Å². The maximum absolute atomic E-state index is 13.1. The minimum atomic E-state index is -0.892. The van der Waals surface area contributed by atoms with Gasteiger partial charge in [0.15, 0.2) is 5.13 Å². The number of nitrogens with one attached hydrogen (secondary N) is 1. The Morgan fingerprint density at radius 2 is 1.76 bits per heavy atom. The van der Waals surface area contributed by atoms with E-state index in [4.69, 9.17) is 0 Å². The van der Waals surface area contributed by atoms with Gasteiger partial charge in [0.25, 0.3) is 11.8 Å². The number of aromatic nitrogens is 1. The van der Waals surface area contributed by atoms with E-state index in [2.05, 4.69) is 10.3 Å². The van der Waals surface area contributed by atoms with Crippen LogP contribution in [0.25, 0.3) is 10.2 Å². The summed E-state index contributed by atoms with van der Waals surface area (Å²) in [5.74, 6) is -1.13. The first-order chi connectivity index (χ1) is 13.8. The van der Waals surface area contributed by atoms with Crippen LogP contribution >= 0.6 is 11.3 Å². The Labute approximate surface area is 172 Å². The molecular formula is C22H21N3O3S. The fourth-order valence-electron chi connectivity index (χ4n) is 3.54. The van der Waals surface area contributed by atoms with Crippen molar-refractivity contribution in [1.82, 2.24) is 9.88 Å². The average molecular weight is 407 g/mol. The summed E-state index contributed by atoms with van der Waals surface area (Å²) in [6, 6.07) is 11.7. The lowest BCUT2D eigenvalue weighted by atomic mass is 10.0. The van der Waals surface area contributed by atoms with Crippen LogP contribution in [0.1, 0.15) is 46.5 Å². The quantitative estimate of drug-likeness (QED) is 0.641. The van der Waals surface area contributed by atoms with Crippen LogP contribution in [0.2, 0.25) is 0 Å². The molecule has 0 fully saturated rings. The highest BCUT2D eigenvalue weighted by atomic mass is 32.1. The molecule has 1 atom stereocenters. The molecule has 4 rings (SSSR count). The van der Waals surface area contributed by atoms with Crippen molar-refractivity contribution in [2.24, 2.45) is 5.92 Å². The number of hydrogen-bond donors (Lipinski definition) is 1. The number of imide groups is 1. The van der Waals surface area contributed by atoms with E-state index in [1.807, 2.05) is 39.0 Å². The predicted molar refractivity (Wildman–Crippen MR) is 113 cm³/mol. The highest BCUT2D eigenvalue weighted by molar-refractivity contribution is 7.22. The summed E-state index contributed by atoms with van der Waals surface area (Å²) in [7, 11) is 0. The van der Waals surface area contributed by atoms with E-state index in [0.29, 0.717) is 22.7 Å². The average Bonchev–Trinajstić information content (AvgIpc) is 3.18. The third-order valence-electron chi connectivity index (χ3n) is 4.91. The van der Waals surface area contributed by atoms with E-state index < -0.39 is 23.8 Å². The highest BCUT2D eigenvalue weighted by Gasteiger charge is 2.42. The molecule has 0 radical (unpaired) electrons. The predicted octanol–water partition coefficient (Wildman–Crippen LogP) is 4.25. The lowest BCUT2D eigenvalue weighted by molar-refractivity contribution is -0.120. The zero-order chi connectivity index (χ0) is 20.7. The Morgan fingerprint density at radius 1 is 1.10 bits per heavy atom. The zero-order valence-corrected chi connectivity index (χ0v) is 17.2. The number of thiazole rings is 1. The zero-order valence-electron chi connectivity index (χ0n) is 16.4. The standard InChI is InChI=1S/C22H21N3O3S/c1-12(2)10-17(25-20(27)14-6-4-5-7-15(14)21(25)28)19(26)24-22-23-16-9-8-13(3)11-18(16)29-22/h4-9,11-12,17H,10H2,1-3H3,(H,23,24,26)/t17-/m1/s1. The first kappa shape index (κ1) is 19.3. The number of carbonyl (C=O) groups excluding carboxylic acids is 3. The van der Waals surface area contributed by atoms with Gasteiger partial charge in [0.05, 0.1) is 21.3 Å². The SMILES string of the molecule is Cc1ccc2nc(NC(=O)[C@@H](CC(C)C)N3C(=O)c4ccccc4C3=O)sc2c1. The van der Waals surface area contributed by atoms with E-state index in [1.165, 1.54) is 11.3 Å².